The van der Waals surface area contributed by atoms with E-state index < -0.39 is 5.97 Å². The summed E-state index contributed by atoms with van der Waals surface area (Å²) in [5.74, 6) is -0.860. The number of carboxylic acid groups (broad SMARTS) is 1. The fourth-order valence-corrected chi connectivity index (χ4v) is 1.66. The van der Waals surface area contributed by atoms with Crippen LogP contribution in [0.1, 0.15) is 15.9 Å². The van der Waals surface area contributed by atoms with Gasteiger partial charge in [-0.05, 0) is 35.3 Å². The molecule has 1 heterocycles. The van der Waals surface area contributed by atoms with Gasteiger partial charge in [0.1, 0.15) is 11.3 Å². The van der Waals surface area contributed by atoms with E-state index >= 15 is 0 Å². The molecule has 2 aromatic rings. The van der Waals surface area contributed by atoms with Crippen LogP contribution in [0.2, 0.25) is 0 Å². The SMILES string of the molecule is O=C(O)c1cccnc1Oc1ccc([B]O)c(CO)c1. The van der Waals surface area contributed by atoms with Gasteiger partial charge in [0.15, 0.2) is 0 Å². The fourth-order valence-electron chi connectivity index (χ4n) is 1.66. The molecule has 0 atom stereocenters. The smallest absolute Gasteiger partial charge is 0.341 e. The van der Waals surface area contributed by atoms with E-state index in [9.17, 15) is 9.90 Å². The first-order valence-corrected chi connectivity index (χ1v) is 5.73. The molecular weight excluding hydrogens is 261 g/mol. The van der Waals surface area contributed by atoms with Crippen LogP contribution in [-0.2, 0) is 6.61 Å². The Balaban J connectivity index is 2.33. The van der Waals surface area contributed by atoms with Crippen LogP contribution in [0.5, 0.6) is 11.6 Å². The van der Waals surface area contributed by atoms with E-state index in [1.807, 2.05) is 0 Å². The second-order valence-electron chi connectivity index (χ2n) is 3.91. The normalized spacial score (nSPS) is 10.1. The van der Waals surface area contributed by atoms with E-state index in [2.05, 4.69) is 4.98 Å². The Hall–Kier alpha value is -2.38. The zero-order valence-electron chi connectivity index (χ0n) is 10.4. The number of pyridine rings is 1. The summed E-state index contributed by atoms with van der Waals surface area (Å²) in [4.78, 5) is 14.9. The molecule has 0 bridgehead atoms. The van der Waals surface area contributed by atoms with Crippen LogP contribution in [0.3, 0.4) is 0 Å². The Bertz CT molecular complexity index is 632. The number of aliphatic hydroxyl groups is 1. The molecule has 0 saturated heterocycles. The number of carbonyl (C=O) groups is 1. The fraction of sp³-hybridized carbons (Fsp3) is 0.0769. The number of aromatic nitrogens is 1. The van der Waals surface area contributed by atoms with Gasteiger partial charge in [0.05, 0.1) is 6.61 Å². The summed E-state index contributed by atoms with van der Waals surface area (Å²) in [6.45, 7) is -0.280. The van der Waals surface area contributed by atoms with E-state index in [0.29, 0.717) is 16.8 Å². The molecule has 0 amide bonds. The summed E-state index contributed by atoms with van der Waals surface area (Å²) in [5, 5.41) is 27.2. The van der Waals surface area contributed by atoms with Crippen molar-refractivity contribution in [2.45, 2.75) is 6.61 Å². The molecule has 1 aromatic carbocycles. The zero-order chi connectivity index (χ0) is 14.5. The highest BCUT2D eigenvalue weighted by Gasteiger charge is 2.13. The van der Waals surface area contributed by atoms with Crippen molar-refractivity contribution in [2.24, 2.45) is 0 Å². The minimum Gasteiger partial charge on any atom is -0.477 e. The second-order valence-corrected chi connectivity index (χ2v) is 3.91. The lowest BCUT2D eigenvalue weighted by molar-refractivity contribution is 0.0693. The number of nitrogens with zero attached hydrogens (tertiary/aromatic N) is 1. The highest BCUT2D eigenvalue weighted by molar-refractivity contribution is 6.46. The van der Waals surface area contributed by atoms with Gasteiger partial charge in [-0.2, -0.15) is 0 Å². The molecule has 1 radical (unpaired) electrons. The van der Waals surface area contributed by atoms with Crippen LogP contribution < -0.4 is 10.2 Å². The van der Waals surface area contributed by atoms with Crippen molar-refractivity contribution < 1.29 is 24.8 Å². The number of carboxylic acids is 1. The van der Waals surface area contributed by atoms with E-state index in [1.165, 1.54) is 24.4 Å². The van der Waals surface area contributed by atoms with Gasteiger partial charge >= 0.3 is 13.5 Å². The average Bonchev–Trinajstić information content (AvgIpc) is 2.47. The first-order valence-electron chi connectivity index (χ1n) is 5.73. The maximum absolute atomic E-state index is 11.0. The van der Waals surface area contributed by atoms with Crippen LogP contribution in [0.15, 0.2) is 36.5 Å². The van der Waals surface area contributed by atoms with Crippen LogP contribution in [0.25, 0.3) is 0 Å². The number of ether oxygens (including phenoxy) is 1. The summed E-state index contributed by atoms with van der Waals surface area (Å²) in [5.41, 5.74) is 0.855. The van der Waals surface area contributed by atoms with Crippen molar-refractivity contribution in [1.82, 2.24) is 4.98 Å². The van der Waals surface area contributed by atoms with Crippen LogP contribution >= 0.6 is 0 Å². The van der Waals surface area contributed by atoms with Crippen LogP contribution in [0, 0.1) is 0 Å². The highest BCUT2D eigenvalue weighted by Crippen LogP contribution is 2.23. The lowest BCUT2D eigenvalue weighted by Crippen LogP contribution is -2.18. The minimum absolute atomic E-state index is 0.0374. The first kappa shape index (κ1) is 14.0. The summed E-state index contributed by atoms with van der Waals surface area (Å²) >= 11 is 0. The summed E-state index contributed by atoms with van der Waals surface area (Å²) in [7, 11) is 0.874. The summed E-state index contributed by atoms with van der Waals surface area (Å²) in [6.07, 6.45) is 1.42. The van der Waals surface area contributed by atoms with Crippen molar-refractivity contribution >= 4 is 18.9 Å². The third kappa shape index (κ3) is 2.96. The molecule has 0 fully saturated rings. The van der Waals surface area contributed by atoms with Crippen molar-refractivity contribution in [1.29, 1.82) is 0 Å². The standard InChI is InChI=1S/C13H11BNO5/c16-7-8-6-9(3-4-11(8)14-19)20-12-10(13(17)18)2-1-5-15-12/h1-6,16,19H,7H2,(H,17,18). The lowest BCUT2D eigenvalue weighted by Gasteiger charge is -2.10. The molecule has 3 N–H and O–H groups in total. The highest BCUT2D eigenvalue weighted by atomic mass is 16.5. The van der Waals surface area contributed by atoms with Gasteiger partial charge in [-0.25, -0.2) is 9.78 Å². The minimum atomic E-state index is -1.14. The van der Waals surface area contributed by atoms with Crippen molar-refractivity contribution in [3.63, 3.8) is 0 Å². The number of rotatable bonds is 5. The topological polar surface area (TPSA) is 99.9 Å². The molecule has 20 heavy (non-hydrogen) atoms. The molecular formula is C13H11BNO5. The van der Waals surface area contributed by atoms with Gasteiger partial charge in [-0.3, -0.25) is 0 Å². The number of aliphatic hydroxyl groups excluding tert-OH is 1. The van der Waals surface area contributed by atoms with Crippen molar-refractivity contribution in [2.75, 3.05) is 0 Å². The number of hydrogen-bond donors (Lipinski definition) is 3. The Morgan fingerprint density at radius 2 is 2.15 bits per heavy atom. The lowest BCUT2D eigenvalue weighted by atomic mass is 9.84. The summed E-state index contributed by atoms with van der Waals surface area (Å²) < 4.78 is 5.41. The molecule has 101 valence electrons. The van der Waals surface area contributed by atoms with Crippen LogP contribution in [-0.4, -0.2) is 33.7 Å². The molecule has 6 nitrogen and oxygen atoms in total. The van der Waals surface area contributed by atoms with Crippen molar-refractivity contribution in [3.8, 4) is 11.6 Å². The predicted octanol–water partition coefficient (Wildman–Crippen LogP) is 0.301. The van der Waals surface area contributed by atoms with Gasteiger partial charge in [0.2, 0.25) is 5.88 Å². The molecule has 0 spiro atoms. The third-order valence-electron chi connectivity index (χ3n) is 2.64. The van der Waals surface area contributed by atoms with E-state index in [-0.39, 0.29) is 18.1 Å². The molecule has 0 unspecified atom stereocenters. The van der Waals surface area contributed by atoms with Gasteiger partial charge < -0.3 is 20.0 Å². The maximum atomic E-state index is 11.0. The van der Waals surface area contributed by atoms with Gasteiger partial charge in [0.25, 0.3) is 0 Å². The molecule has 0 aliphatic heterocycles. The molecule has 0 saturated carbocycles. The largest absolute Gasteiger partial charge is 0.477 e. The molecule has 7 heteroatoms. The Morgan fingerprint density at radius 1 is 1.35 bits per heavy atom. The number of benzene rings is 1. The molecule has 0 aliphatic rings. The van der Waals surface area contributed by atoms with E-state index in [1.54, 1.807) is 12.1 Å². The molecule has 0 aliphatic carbocycles. The predicted molar refractivity (Wildman–Crippen MR) is 71.2 cm³/mol. The van der Waals surface area contributed by atoms with Gasteiger partial charge in [0, 0.05) is 6.20 Å². The maximum Gasteiger partial charge on any atom is 0.341 e. The Labute approximate surface area is 115 Å². The first-order chi connectivity index (χ1) is 9.65. The molecule has 1 aromatic heterocycles. The third-order valence-corrected chi connectivity index (χ3v) is 2.64. The monoisotopic (exact) mass is 272 g/mol. The van der Waals surface area contributed by atoms with Gasteiger partial charge in [-0.15, -0.1) is 0 Å². The average molecular weight is 272 g/mol. The van der Waals surface area contributed by atoms with Gasteiger partial charge in [-0.1, -0.05) is 6.07 Å². The van der Waals surface area contributed by atoms with Crippen LogP contribution in [0.4, 0.5) is 0 Å². The Morgan fingerprint density at radius 3 is 2.80 bits per heavy atom. The van der Waals surface area contributed by atoms with Crippen molar-refractivity contribution in [3.05, 3.63) is 47.7 Å². The van der Waals surface area contributed by atoms with E-state index in [0.717, 1.165) is 7.48 Å². The second kappa shape index (κ2) is 6.18. The number of aromatic carboxylic acids is 1. The van der Waals surface area contributed by atoms with E-state index in [4.69, 9.17) is 14.9 Å². The zero-order valence-corrected chi connectivity index (χ0v) is 10.4. The molecule has 2 rings (SSSR count). The Kier molecular flexibility index (Phi) is 4.34. The quantitative estimate of drug-likeness (QED) is 0.677. The number of hydrogen-bond acceptors (Lipinski definition) is 5. The summed E-state index contributed by atoms with van der Waals surface area (Å²) in [6, 6.07) is 7.47.